The van der Waals surface area contributed by atoms with Crippen LogP contribution in [-0.2, 0) is 35.3 Å². The second-order valence-corrected chi connectivity index (χ2v) is 7.98. The topological polar surface area (TPSA) is 53.4 Å². The van der Waals surface area contributed by atoms with Crippen molar-refractivity contribution in [2.24, 2.45) is 11.8 Å². The number of ether oxygens (including phenoxy) is 2. The summed E-state index contributed by atoms with van der Waals surface area (Å²) in [6.07, 6.45) is -0.534. The van der Waals surface area contributed by atoms with Crippen molar-refractivity contribution in [3.8, 4) is 5.75 Å². The summed E-state index contributed by atoms with van der Waals surface area (Å²) in [4.78, 5) is 16.1. The first-order valence-electron chi connectivity index (χ1n) is 9.50. The summed E-state index contributed by atoms with van der Waals surface area (Å²) >= 11 is 6.05. The van der Waals surface area contributed by atoms with Gasteiger partial charge in [0.25, 0.3) is 0 Å². The SMILES string of the molecule is O=C(OCc1cc(Cl)ccc1OCC1CC1)C1CCc2nc(C(F)(F)F)cn2C1. The molecular weight excluding hydrogens is 409 g/mol. The van der Waals surface area contributed by atoms with Gasteiger partial charge in [0.15, 0.2) is 5.69 Å². The Hall–Kier alpha value is -2.22. The zero-order chi connectivity index (χ0) is 20.6. The van der Waals surface area contributed by atoms with Gasteiger partial charge in [-0.05, 0) is 43.4 Å². The number of benzene rings is 1. The number of hydrogen-bond donors (Lipinski definition) is 0. The minimum absolute atomic E-state index is 0.000476. The highest BCUT2D eigenvalue weighted by molar-refractivity contribution is 6.30. The van der Waals surface area contributed by atoms with Crippen molar-refractivity contribution in [3.05, 3.63) is 46.5 Å². The Morgan fingerprint density at radius 3 is 2.79 bits per heavy atom. The Kier molecular flexibility index (Phi) is 5.46. The molecule has 0 bridgehead atoms. The number of imidazole rings is 1. The smallest absolute Gasteiger partial charge is 0.434 e. The van der Waals surface area contributed by atoms with Crippen molar-refractivity contribution in [2.75, 3.05) is 6.61 Å². The summed E-state index contributed by atoms with van der Waals surface area (Å²) in [5.74, 6) is 0.574. The molecule has 1 atom stereocenters. The predicted octanol–water partition coefficient (Wildman–Crippen LogP) is 4.65. The molecule has 1 fully saturated rings. The van der Waals surface area contributed by atoms with Gasteiger partial charge in [0.1, 0.15) is 18.2 Å². The minimum atomic E-state index is -4.50. The standard InChI is InChI=1S/C20H20ClF3N2O3/c21-15-4-5-16(28-10-12-1-2-12)14(7-15)11-29-19(27)13-3-6-18-25-17(20(22,23)24)9-26(18)8-13/h4-5,7,9,12-13H,1-3,6,8,10-11H2. The fourth-order valence-corrected chi connectivity index (χ4v) is 3.53. The Balaban J connectivity index is 1.38. The summed E-state index contributed by atoms with van der Waals surface area (Å²) in [6.45, 7) is 0.745. The van der Waals surface area contributed by atoms with E-state index in [-0.39, 0.29) is 13.2 Å². The van der Waals surface area contributed by atoms with Gasteiger partial charge in [-0.25, -0.2) is 4.98 Å². The third-order valence-electron chi connectivity index (χ3n) is 5.18. The molecule has 2 heterocycles. The number of aryl methyl sites for hydroxylation is 1. The second-order valence-electron chi connectivity index (χ2n) is 7.54. The maximum Gasteiger partial charge on any atom is 0.434 e. The Labute approximate surface area is 170 Å². The lowest BCUT2D eigenvalue weighted by atomic mass is 10.00. The van der Waals surface area contributed by atoms with Crippen molar-refractivity contribution < 1.29 is 27.4 Å². The van der Waals surface area contributed by atoms with E-state index in [1.54, 1.807) is 18.2 Å². The monoisotopic (exact) mass is 428 g/mol. The normalized spacial score (nSPS) is 19.0. The lowest BCUT2D eigenvalue weighted by Crippen LogP contribution is -2.28. The molecule has 1 aromatic carbocycles. The molecule has 2 aliphatic rings. The second kappa shape index (κ2) is 7.89. The minimum Gasteiger partial charge on any atom is -0.493 e. The van der Waals surface area contributed by atoms with E-state index in [4.69, 9.17) is 21.1 Å². The number of carbonyl (C=O) groups excluding carboxylic acids is 1. The highest BCUT2D eigenvalue weighted by Crippen LogP contribution is 2.33. The maximum atomic E-state index is 12.8. The highest BCUT2D eigenvalue weighted by atomic mass is 35.5. The molecule has 1 aromatic heterocycles. The number of halogens is 4. The molecule has 2 aromatic rings. The largest absolute Gasteiger partial charge is 0.493 e. The Morgan fingerprint density at radius 2 is 2.07 bits per heavy atom. The van der Waals surface area contributed by atoms with Gasteiger partial charge in [0.05, 0.1) is 12.5 Å². The summed E-state index contributed by atoms with van der Waals surface area (Å²) in [5, 5.41) is 0.509. The number of rotatable bonds is 6. The molecule has 1 unspecified atom stereocenters. The van der Waals surface area contributed by atoms with Crippen molar-refractivity contribution in [2.45, 2.75) is 45.0 Å². The first-order chi connectivity index (χ1) is 13.8. The lowest BCUT2D eigenvalue weighted by Gasteiger charge is -2.22. The number of nitrogens with zero attached hydrogens (tertiary/aromatic N) is 2. The molecule has 29 heavy (non-hydrogen) atoms. The number of hydrogen-bond acceptors (Lipinski definition) is 4. The van der Waals surface area contributed by atoms with E-state index in [0.29, 0.717) is 47.5 Å². The van der Waals surface area contributed by atoms with Crippen LogP contribution in [0.3, 0.4) is 0 Å². The molecule has 5 nitrogen and oxygen atoms in total. The third kappa shape index (κ3) is 4.86. The van der Waals surface area contributed by atoms with E-state index in [0.717, 1.165) is 19.0 Å². The van der Waals surface area contributed by atoms with Crippen LogP contribution in [0.5, 0.6) is 5.75 Å². The highest BCUT2D eigenvalue weighted by Gasteiger charge is 2.36. The van der Waals surface area contributed by atoms with Crippen LogP contribution in [0.4, 0.5) is 13.2 Å². The number of aromatic nitrogens is 2. The first-order valence-corrected chi connectivity index (χ1v) is 9.88. The maximum absolute atomic E-state index is 12.8. The van der Waals surface area contributed by atoms with Crippen LogP contribution >= 0.6 is 11.6 Å². The first kappa shape index (κ1) is 20.1. The average Bonchev–Trinajstić information content (AvgIpc) is 3.39. The molecule has 1 aliphatic heterocycles. The van der Waals surface area contributed by atoms with Gasteiger partial charge in [-0.2, -0.15) is 13.2 Å². The molecule has 156 valence electrons. The summed E-state index contributed by atoms with van der Waals surface area (Å²) in [6, 6.07) is 5.17. The fourth-order valence-electron chi connectivity index (χ4n) is 3.33. The molecule has 4 rings (SSSR count). The zero-order valence-electron chi connectivity index (χ0n) is 15.5. The van der Waals surface area contributed by atoms with E-state index in [2.05, 4.69) is 4.98 Å². The quantitative estimate of drug-likeness (QED) is 0.628. The third-order valence-corrected chi connectivity index (χ3v) is 5.42. The number of fused-ring (bicyclic) bond motifs is 1. The fraction of sp³-hybridized carbons (Fsp3) is 0.500. The van der Waals surface area contributed by atoms with Gasteiger partial charge >= 0.3 is 12.1 Å². The van der Waals surface area contributed by atoms with Crippen LogP contribution in [0.2, 0.25) is 5.02 Å². The van der Waals surface area contributed by atoms with Crippen molar-refractivity contribution in [1.82, 2.24) is 9.55 Å². The zero-order valence-corrected chi connectivity index (χ0v) is 16.3. The summed E-state index contributed by atoms with van der Waals surface area (Å²) < 4.78 is 51.1. The number of carbonyl (C=O) groups is 1. The average molecular weight is 429 g/mol. The van der Waals surface area contributed by atoms with Crippen LogP contribution in [0.25, 0.3) is 0 Å². The van der Waals surface area contributed by atoms with Gasteiger partial charge < -0.3 is 14.0 Å². The summed E-state index contributed by atoms with van der Waals surface area (Å²) in [5.41, 5.74) is -0.261. The van der Waals surface area contributed by atoms with Crippen LogP contribution < -0.4 is 4.74 Å². The number of esters is 1. The molecule has 1 saturated carbocycles. The van der Waals surface area contributed by atoms with Gasteiger partial charge in [-0.3, -0.25) is 4.79 Å². The molecule has 0 N–H and O–H groups in total. The lowest BCUT2D eigenvalue weighted by molar-refractivity contribution is -0.151. The van der Waals surface area contributed by atoms with E-state index in [1.807, 2.05) is 0 Å². The van der Waals surface area contributed by atoms with E-state index < -0.39 is 23.8 Å². The van der Waals surface area contributed by atoms with E-state index >= 15 is 0 Å². The molecule has 0 spiro atoms. The van der Waals surface area contributed by atoms with Crippen LogP contribution in [-0.4, -0.2) is 22.1 Å². The summed E-state index contributed by atoms with van der Waals surface area (Å²) in [7, 11) is 0. The molecule has 1 aliphatic carbocycles. The Bertz CT molecular complexity index is 909. The molecule has 0 saturated heterocycles. The molecule has 0 amide bonds. The number of alkyl halides is 3. The van der Waals surface area contributed by atoms with Crippen LogP contribution in [0, 0.1) is 11.8 Å². The van der Waals surface area contributed by atoms with E-state index in [1.165, 1.54) is 4.57 Å². The molecule has 0 radical (unpaired) electrons. The van der Waals surface area contributed by atoms with Crippen LogP contribution in [0.15, 0.2) is 24.4 Å². The van der Waals surface area contributed by atoms with Crippen molar-refractivity contribution in [3.63, 3.8) is 0 Å². The van der Waals surface area contributed by atoms with Gasteiger partial charge in [-0.1, -0.05) is 11.6 Å². The van der Waals surface area contributed by atoms with Crippen molar-refractivity contribution in [1.29, 1.82) is 0 Å². The predicted molar refractivity (Wildman–Crippen MR) is 98.5 cm³/mol. The van der Waals surface area contributed by atoms with Gasteiger partial charge in [-0.15, -0.1) is 0 Å². The van der Waals surface area contributed by atoms with Crippen molar-refractivity contribution >= 4 is 17.6 Å². The molecule has 9 heteroatoms. The molecular formula is C20H20ClF3N2O3. The van der Waals surface area contributed by atoms with Gasteiger partial charge in [0, 0.05) is 29.7 Å². The van der Waals surface area contributed by atoms with Crippen LogP contribution in [0.1, 0.15) is 36.3 Å². The Morgan fingerprint density at radius 1 is 1.28 bits per heavy atom. The van der Waals surface area contributed by atoms with Gasteiger partial charge in [0.2, 0.25) is 0 Å². The van der Waals surface area contributed by atoms with E-state index in [9.17, 15) is 18.0 Å².